The normalized spacial score (nSPS) is 10.1. The van der Waals surface area contributed by atoms with Crippen LogP contribution in [0.15, 0.2) is 12.8 Å². The third kappa shape index (κ3) is 1.96. The Hall–Kier alpha value is -1.58. The maximum absolute atomic E-state index is 7.15. The Balaban J connectivity index is 3.03. The standard InChI is InChI=1S/C9H14N4/c1-4-11-9-7(5-10)12-8(13-9)6(2)3/h4-6,10-11H,1H2,2-3H3,(H,12,13). The van der Waals surface area contributed by atoms with Crippen molar-refractivity contribution < 1.29 is 0 Å². The molecule has 0 radical (unpaired) electrons. The number of imidazole rings is 1. The quantitative estimate of drug-likeness (QED) is 0.618. The van der Waals surface area contributed by atoms with Crippen LogP contribution < -0.4 is 5.32 Å². The fraction of sp³-hybridized carbons (Fsp3) is 0.333. The molecule has 0 saturated heterocycles. The molecule has 70 valence electrons. The van der Waals surface area contributed by atoms with Crippen LogP contribution in [0.4, 0.5) is 5.82 Å². The lowest BCUT2D eigenvalue weighted by molar-refractivity contribution is 0.794. The zero-order valence-corrected chi connectivity index (χ0v) is 7.89. The Morgan fingerprint density at radius 3 is 2.77 bits per heavy atom. The van der Waals surface area contributed by atoms with Crippen molar-refractivity contribution in [3.8, 4) is 0 Å². The third-order valence-electron chi connectivity index (χ3n) is 1.68. The van der Waals surface area contributed by atoms with E-state index in [4.69, 9.17) is 5.41 Å². The lowest BCUT2D eigenvalue weighted by Gasteiger charge is -1.96. The van der Waals surface area contributed by atoms with Crippen molar-refractivity contribution in [2.24, 2.45) is 0 Å². The second-order valence-electron chi connectivity index (χ2n) is 3.03. The van der Waals surface area contributed by atoms with Gasteiger partial charge in [0.25, 0.3) is 0 Å². The van der Waals surface area contributed by atoms with Gasteiger partial charge in [-0.1, -0.05) is 20.4 Å². The van der Waals surface area contributed by atoms with Crippen LogP contribution in [0.1, 0.15) is 31.3 Å². The molecular formula is C9H14N4. The van der Waals surface area contributed by atoms with Gasteiger partial charge in [0.1, 0.15) is 11.5 Å². The van der Waals surface area contributed by atoms with Crippen LogP contribution in [-0.4, -0.2) is 16.2 Å². The van der Waals surface area contributed by atoms with Gasteiger partial charge in [-0.15, -0.1) is 0 Å². The first-order chi connectivity index (χ1) is 6.19. The van der Waals surface area contributed by atoms with Gasteiger partial charge in [0.2, 0.25) is 0 Å². The first-order valence-electron chi connectivity index (χ1n) is 4.16. The summed E-state index contributed by atoms with van der Waals surface area (Å²) in [5.41, 5.74) is 0.684. The zero-order valence-electron chi connectivity index (χ0n) is 7.89. The number of nitrogens with one attached hydrogen (secondary N) is 3. The van der Waals surface area contributed by atoms with E-state index < -0.39 is 0 Å². The molecule has 0 atom stereocenters. The van der Waals surface area contributed by atoms with Gasteiger partial charge in [0.15, 0.2) is 5.82 Å². The molecule has 0 spiro atoms. The van der Waals surface area contributed by atoms with E-state index in [2.05, 4.69) is 21.9 Å². The highest BCUT2D eigenvalue weighted by Gasteiger charge is 2.09. The van der Waals surface area contributed by atoms with Gasteiger partial charge in [0.05, 0.1) is 0 Å². The minimum absolute atomic E-state index is 0.332. The van der Waals surface area contributed by atoms with Crippen molar-refractivity contribution >= 4 is 12.0 Å². The molecule has 0 bridgehead atoms. The van der Waals surface area contributed by atoms with Gasteiger partial charge in [-0.05, 0) is 6.20 Å². The number of hydrogen-bond acceptors (Lipinski definition) is 3. The van der Waals surface area contributed by atoms with Crippen LogP contribution in [0.2, 0.25) is 0 Å². The van der Waals surface area contributed by atoms with E-state index in [9.17, 15) is 0 Å². The Morgan fingerprint density at radius 2 is 2.31 bits per heavy atom. The highest BCUT2D eigenvalue weighted by Crippen LogP contribution is 2.16. The minimum atomic E-state index is 0.332. The third-order valence-corrected chi connectivity index (χ3v) is 1.68. The molecule has 1 aromatic heterocycles. The van der Waals surface area contributed by atoms with Gasteiger partial charge < -0.3 is 15.7 Å². The van der Waals surface area contributed by atoms with Crippen LogP contribution >= 0.6 is 0 Å². The molecule has 1 heterocycles. The summed E-state index contributed by atoms with van der Waals surface area (Å²) in [5, 5.41) is 10.0. The van der Waals surface area contributed by atoms with Gasteiger partial charge in [0, 0.05) is 12.1 Å². The summed E-state index contributed by atoms with van der Waals surface area (Å²) in [6.45, 7) is 7.64. The fourth-order valence-corrected chi connectivity index (χ4v) is 0.990. The number of H-pyrrole nitrogens is 1. The summed E-state index contributed by atoms with van der Waals surface area (Å²) in [6, 6.07) is 0. The minimum Gasteiger partial charge on any atom is -0.345 e. The molecule has 0 aromatic carbocycles. The average Bonchev–Trinajstić information content (AvgIpc) is 2.48. The molecule has 4 heteroatoms. The summed E-state index contributed by atoms with van der Waals surface area (Å²) < 4.78 is 0. The summed E-state index contributed by atoms with van der Waals surface area (Å²) in [6.07, 6.45) is 2.79. The Kier molecular flexibility index (Phi) is 2.84. The maximum atomic E-state index is 7.15. The van der Waals surface area contributed by atoms with Crippen LogP contribution in [0, 0.1) is 5.41 Å². The van der Waals surface area contributed by atoms with Crippen molar-refractivity contribution in [2.45, 2.75) is 19.8 Å². The number of nitrogens with zero attached hydrogens (tertiary/aromatic N) is 1. The van der Waals surface area contributed by atoms with E-state index in [1.54, 1.807) is 6.20 Å². The summed E-state index contributed by atoms with van der Waals surface area (Å²) in [4.78, 5) is 7.33. The number of hydrogen-bond donors (Lipinski definition) is 3. The molecule has 1 rings (SSSR count). The molecule has 0 aliphatic carbocycles. The second kappa shape index (κ2) is 3.89. The van der Waals surface area contributed by atoms with E-state index in [-0.39, 0.29) is 0 Å². The molecule has 1 aromatic rings. The van der Waals surface area contributed by atoms with Crippen molar-refractivity contribution in [3.63, 3.8) is 0 Å². The Bertz CT molecular complexity index is 311. The molecule has 0 aliphatic heterocycles. The monoisotopic (exact) mass is 178 g/mol. The van der Waals surface area contributed by atoms with Crippen LogP contribution in [-0.2, 0) is 0 Å². The molecule has 13 heavy (non-hydrogen) atoms. The summed E-state index contributed by atoms with van der Waals surface area (Å²) in [7, 11) is 0. The van der Waals surface area contributed by atoms with Crippen molar-refractivity contribution in [3.05, 3.63) is 24.3 Å². The summed E-state index contributed by atoms with van der Waals surface area (Å²) >= 11 is 0. The van der Waals surface area contributed by atoms with Gasteiger partial charge in [-0.3, -0.25) is 0 Å². The second-order valence-corrected chi connectivity index (χ2v) is 3.03. The molecular weight excluding hydrogens is 164 g/mol. The first kappa shape index (κ1) is 9.51. The predicted octanol–water partition coefficient (Wildman–Crippen LogP) is 2.09. The van der Waals surface area contributed by atoms with Gasteiger partial charge >= 0.3 is 0 Å². The SMILES string of the molecule is C=CNc1nc(C(C)C)[nH]c1C=N. The van der Waals surface area contributed by atoms with Gasteiger partial charge in [-0.2, -0.15) is 0 Å². The number of rotatable bonds is 4. The smallest absolute Gasteiger partial charge is 0.157 e. The van der Waals surface area contributed by atoms with E-state index in [0.717, 1.165) is 5.82 Å². The largest absolute Gasteiger partial charge is 0.345 e. The zero-order chi connectivity index (χ0) is 9.84. The predicted molar refractivity (Wildman–Crippen MR) is 54.4 cm³/mol. The van der Waals surface area contributed by atoms with Crippen LogP contribution in [0.25, 0.3) is 0 Å². The van der Waals surface area contributed by atoms with Crippen LogP contribution in [0.5, 0.6) is 0 Å². The number of anilines is 1. The topological polar surface area (TPSA) is 64.6 Å². The molecule has 3 N–H and O–H groups in total. The van der Waals surface area contributed by atoms with E-state index in [1.165, 1.54) is 6.21 Å². The van der Waals surface area contributed by atoms with Crippen molar-refractivity contribution in [1.82, 2.24) is 9.97 Å². The number of aromatic nitrogens is 2. The molecule has 0 saturated carbocycles. The molecule has 0 aliphatic rings. The average molecular weight is 178 g/mol. The molecule has 4 nitrogen and oxygen atoms in total. The molecule has 0 unspecified atom stereocenters. The number of aromatic amines is 1. The Labute approximate surface area is 77.6 Å². The molecule has 0 fully saturated rings. The van der Waals surface area contributed by atoms with E-state index >= 15 is 0 Å². The van der Waals surface area contributed by atoms with E-state index in [1.807, 2.05) is 13.8 Å². The maximum Gasteiger partial charge on any atom is 0.157 e. The van der Waals surface area contributed by atoms with E-state index in [0.29, 0.717) is 17.4 Å². The Morgan fingerprint density at radius 1 is 1.62 bits per heavy atom. The lowest BCUT2D eigenvalue weighted by Crippen LogP contribution is -1.91. The fourth-order valence-electron chi connectivity index (χ4n) is 0.990. The molecule has 0 amide bonds. The van der Waals surface area contributed by atoms with Crippen molar-refractivity contribution in [2.75, 3.05) is 5.32 Å². The highest BCUT2D eigenvalue weighted by atomic mass is 15.1. The van der Waals surface area contributed by atoms with Crippen molar-refractivity contribution in [1.29, 1.82) is 5.41 Å². The van der Waals surface area contributed by atoms with Gasteiger partial charge in [-0.25, -0.2) is 4.98 Å². The first-order valence-corrected chi connectivity index (χ1v) is 4.16. The summed E-state index contributed by atoms with van der Waals surface area (Å²) in [5.74, 6) is 1.87. The van der Waals surface area contributed by atoms with Crippen LogP contribution in [0.3, 0.4) is 0 Å². The lowest BCUT2D eigenvalue weighted by atomic mass is 10.2. The highest BCUT2D eigenvalue weighted by molar-refractivity contribution is 5.82.